The SMILES string of the molecule is CC(C)C(NC(=O)C(CS)NC(=O)C(CCC(=O)O)NC(=O)CN)C(=O)NC(CS)C(=O)NCC(=O)NC(CCC(N)=O)C(=O)NC(CS)C(=O)O. The van der Waals surface area contributed by atoms with Crippen molar-refractivity contribution in [2.45, 2.75) is 75.8 Å². The summed E-state index contributed by atoms with van der Waals surface area (Å²) in [6, 6.07) is -8.12. The maximum Gasteiger partial charge on any atom is 0.327 e. The van der Waals surface area contributed by atoms with Crippen LogP contribution in [-0.2, 0) is 47.9 Å². The molecule has 0 aromatic carbocycles. The molecule has 0 rings (SSSR count). The third-order valence-corrected chi connectivity index (χ3v) is 8.01. The maximum atomic E-state index is 13.2. The number of thiol groups is 3. The topological polar surface area (TPSA) is 347 Å². The van der Waals surface area contributed by atoms with Gasteiger partial charge < -0.3 is 58.9 Å². The van der Waals surface area contributed by atoms with Gasteiger partial charge >= 0.3 is 11.9 Å². The lowest BCUT2D eigenvalue weighted by molar-refractivity contribution is -0.141. The second kappa shape index (κ2) is 24.8. The highest BCUT2D eigenvalue weighted by molar-refractivity contribution is 7.80. The van der Waals surface area contributed by atoms with Gasteiger partial charge in [-0.2, -0.15) is 37.9 Å². The average molecular weight is 798 g/mol. The van der Waals surface area contributed by atoms with Gasteiger partial charge in [0.05, 0.1) is 13.1 Å². The van der Waals surface area contributed by atoms with Crippen LogP contribution in [0.2, 0.25) is 0 Å². The Kier molecular flexibility index (Phi) is 22.8. The van der Waals surface area contributed by atoms with Crippen LogP contribution in [0.15, 0.2) is 0 Å². The van der Waals surface area contributed by atoms with Crippen molar-refractivity contribution < 1.29 is 58.2 Å². The third kappa shape index (κ3) is 18.3. The normalized spacial score (nSPS) is 14.2. The van der Waals surface area contributed by atoms with Gasteiger partial charge in [-0.15, -0.1) is 0 Å². The molecule has 6 unspecified atom stereocenters. The molecule has 0 radical (unpaired) electrons. The molecule has 0 aromatic rings. The zero-order valence-electron chi connectivity index (χ0n) is 28.4. The van der Waals surface area contributed by atoms with E-state index in [0.717, 1.165) is 0 Å². The Hall–Kier alpha value is -4.29. The summed E-state index contributed by atoms with van der Waals surface area (Å²) in [6.45, 7) is 1.94. The summed E-state index contributed by atoms with van der Waals surface area (Å²) >= 11 is 12.0. The number of nitrogens with two attached hydrogens (primary N) is 2. The third-order valence-electron chi connectivity index (χ3n) is 6.91. The average Bonchev–Trinajstić information content (AvgIpc) is 3.08. The number of hydrogen-bond donors (Lipinski definition) is 14. The highest BCUT2D eigenvalue weighted by Gasteiger charge is 2.33. The van der Waals surface area contributed by atoms with E-state index in [4.69, 9.17) is 21.7 Å². The number of nitrogens with one attached hydrogen (secondary N) is 7. The number of hydrogen-bond acceptors (Lipinski definition) is 14. The van der Waals surface area contributed by atoms with E-state index < -0.39 is 121 Å². The fraction of sp³-hybridized carbons (Fsp3) is 0.643. The molecular weight excluding hydrogens is 751 g/mol. The van der Waals surface area contributed by atoms with Crippen LogP contribution >= 0.6 is 37.9 Å². The molecule has 8 amide bonds. The maximum absolute atomic E-state index is 13.2. The molecule has 0 aliphatic carbocycles. The summed E-state index contributed by atoms with van der Waals surface area (Å²) in [5.41, 5.74) is 10.4. The molecule has 0 fully saturated rings. The van der Waals surface area contributed by atoms with Crippen molar-refractivity contribution >= 4 is 97.1 Å². The number of primary amides is 1. The van der Waals surface area contributed by atoms with E-state index in [1.807, 2.05) is 0 Å². The molecule has 294 valence electrons. The lowest BCUT2D eigenvalue weighted by Gasteiger charge is -2.27. The molecule has 0 saturated heterocycles. The number of carboxylic acids is 2. The van der Waals surface area contributed by atoms with Crippen molar-refractivity contribution in [2.75, 3.05) is 30.3 Å². The number of carbonyl (C=O) groups excluding carboxylic acids is 8. The quantitative estimate of drug-likeness (QED) is 0.0384. The minimum absolute atomic E-state index is 0.273. The Labute approximate surface area is 315 Å². The van der Waals surface area contributed by atoms with Crippen LogP contribution in [0.4, 0.5) is 0 Å². The van der Waals surface area contributed by atoms with Crippen molar-refractivity contribution in [1.82, 2.24) is 37.2 Å². The largest absolute Gasteiger partial charge is 0.481 e. The summed E-state index contributed by atoms with van der Waals surface area (Å²) in [5, 5.41) is 34.3. The van der Waals surface area contributed by atoms with Crippen LogP contribution in [0.3, 0.4) is 0 Å². The Bertz CT molecular complexity index is 1320. The van der Waals surface area contributed by atoms with Crippen LogP contribution in [0.25, 0.3) is 0 Å². The van der Waals surface area contributed by atoms with Crippen LogP contribution < -0.4 is 48.7 Å². The second-order valence-corrected chi connectivity index (χ2v) is 12.5. The van der Waals surface area contributed by atoms with Crippen molar-refractivity contribution in [3.05, 3.63) is 0 Å². The van der Waals surface area contributed by atoms with Gasteiger partial charge in [-0.25, -0.2) is 4.79 Å². The highest BCUT2D eigenvalue weighted by atomic mass is 32.1. The number of amides is 8. The van der Waals surface area contributed by atoms with E-state index in [1.165, 1.54) is 0 Å². The molecule has 0 bridgehead atoms. The van der Waals surface area contributed by atoms with Crippen molar-refractivity contribution in [3.63, 3.8) is 0 Å². The summed E-state index contributed by atoms with van der Waals surface area (Å²) in [5.74, 6) is -10.9. The van der Waals surface area contributed by atoms with Gasteiger partial charge in [-0.05, 0) is 18.8 Å². The van der Waals surface area contributed by atoms with Crippen molar-refractivity contribution in [1.29, 1.82) is 0 Å². The van der Waals surface area contributed by atoms with E-state index in [-0.39, 0.29) is 36.5 Å². The molecule has 6 atom stereocenters. The molecule has 21 nitrogen and oxygen atoms in total. The van der Waals surface area contributed by atoms with Gasteiger partial charge in [0, 0.05) is 30.1 Å². The molecule has 0 spiro atoms. The van der Waals surface area contributed by atoms with Gasteiger partial charge in [0.25, 0.3) is 0 Å². The Morgan fingerprint density at radius 3 is 1.46 bits per heavy atom. The van der Waals surface area contributed by atoms with E-state index >= 15 is 0 Å². The smallest absolute Gasteiger partial charge is 0.327 e. The summed E-state index contributed by atoms with van der Waals surface area (Å²) < 4.78 is 0. The van der Waals surface area contributed by atoms with Crippen LogP contribution in [0.1, 0.15) is 39.5 Å². The van der Waals surface area contributed by atoms with Crippen LogP contribution in [0.5, 0.6) is 0 Å². The first-order valence-electron chi connectivity index (χ1n) is 15.6. The van der Waals surface area contributed by atoms with E-state index in [1.54, 1.807) is 13.8 Å². The number of carbonyl (C=O) groups is 10. The number of aliphatic carboxylic acids is 2. The lowest BCUT2D eigenvalue weighted by Crippen LogP contribution is -2.60. The van der Waals surface area contributed by atoms with Gasteiger partial charge in [-0.1, -0.05) is 13.8 Å². The number of carboxylic acid groups (broad SMARTS) is 2. The molecule has 0 saturated carbocycles. The predicted molar refractivity (Wildman–Crippen MR) is 193 cm³/mol. The first-order valence-corrected chi connectivity index (χ1v) is 17.5. The van der Waals surface area contributed by atoms with Gasteiger partial charge in [-0.3, -0.25) is 43.2 Å². The Balaban J connectivity index is 5.54. The fourth-order valence-corrected chi connectivity index (χ4v) is 4.81. The molecule has 24 heteroatoms. The van der Waals surface area contributed by atoms with Gasteiger partial charge in [0.1, 0.15) is 36.3 Å². The zero-order valence-corrected chi connectivity index (χ0v) is 31.1. The van der Waals surface area contributed by atoms with E-state index in [9.17, 15) is 47.9 Å². The van der Waals surface area contributed by atoms with Crippen LogP contribution in [-0.4, -0.2) is 136 Å². The first-order chi connectivity index (χ1) is 24.3. The van der Waals surface area contributed by atoms with Crippen molar-refractivity contribution in [2.24, 2.45) is 17.4 Å². The van der Waals surface area contributed by atoms with Crippen molar-refractivity contribution in [3.8, 4) is 0 Å². The van der Waals surface area contributed by atoms with E-state index in [0.29, 0.717) is 0 Å². The fourth-order valence-electron chi connectivity index (χ4n) is 4.05. The summed E-state index contributed by atoms with van der Waals surface area (Å²) in [7, 11) is 0. The minimum atomic E-state index is -1.40. The molecule has 13 N–H and O–H groups in total. The van der Waals surface area contributed by atoms with Crippen LogP contribution in [0, 0.1) is 5.92 Å². The zero-order chi connectivity index (χ0) is 40.1. The molecule has 0 aromatic heterocycles. The molecule has 0 aliphatic heterocycles. The number of rotatable bonds is 25. The lowest BCUT2D eigenvalue weighted by atomic mass is 10.0. The van der Waals surface area contributed by atoms with Gasteiger partial charge in [0.2, 0.25) is 47.3 Å². The minimum Gasteiger partial charge on any atom is -0.481 e. The first kappa shape index (κ1) is 47.7. The van der Waals surface area contributed by atoms with Gasteiger partial charge in [0.15, 0.2) is 0 Å². The standard InChI is InChI=1S/C28H47N9O12S3/c1-12(2)22(37-26(46)16(10-51)34-24(44)14(4-6-21(41)42)32-19(39)7-29)27(47)35-15(9-50)23(43)31-8-20(40)33-13(3-5-18(30)38)25(45)36-17(11-52)28(48)49/h12-17,22,50-52H,3-11,29H2,1-2H3,(H2,30,38)(H,31,43)(H,32,39)(H,33,40)(H,34,44)(H,35,47)(H,36,45)(H,37,46)(H,41,42)(H,48,49). The molecule has 0 heterocycles. The van der Waals surface area contributed by atoms with E-state index in [2.05, 4.69) is 75.1 Å². The summed E-state index contributed by atoms with van der Waals surface area (Å²) in [6.07, 6.45) is -1.42. The monoisotopic (exact) mass is 797 g/mol. The Morgan fingerprint density at radius 1 is 0.577 bits per heavy atom. The molecular formula is C28H47N9O12S3. The molecule has 52 heavy (non-hydrogen) atoms. The second-order valence-electron chi connectivity index (χ2n) is 11.4. The predicted octanol–water partition coefficient (Wildman–Crippen LogP) is -5.37. The molecule has 0 aliphatic rings. The Morgan fingerprint density at radius 2 is 1.02 bits per heavy atom. The highest BCUT2D eigenvalue weighted by Crippen LogP contribution is 2.06. The summed E-state index contributed by atoms with van der Waals surface area (Å²) in [4.78, 5) is 123.